The zero-order valence-electron chi connectivity index (χ0n) is 16.4. The molecular weight excluding hydrogens is 358 g/mol. The Labute approximate surface area is 164 Å². The van der Waals surface area contributed by atoms with E-state index in [0.29, 0.717) is 32.0 Å². The second kappa shape index (κ2) is 7.31. The van der Waals surface area contributed by atoms with Crippen LogP contribution >= 0.6 is 0 Å². The topological polar surface area (TPSA) is 72.9 Å². The highest BCUT2D eigenvalue weighted by atomic mass is 16.5. The van der Waals surface area contributed by atoms with E-state index in [1.165, 1.54) is 0 Å². The number of anilines is 1. The van der Waals surface area contributed by atoms with Gasteiger partial charge < -0.3 is 24.4 Å². The number of hydrogen-bond donors (Lipinski definition) is 1. The molecule has 7 heteroatoms. The maximum absolute atomic E-state index is 13.0. The molecule has 0 aliphatic carbocycles. The molecule has 1 aromatic heterocycles. The van der Waals surface area contributed by atoms with Gasteiger partial charge in [0.1, 0.15) is 17.1 Å². The minimum absolute atomic E-state index is 0.182. The second-order valence-electron chi connectivity index (χ2n) is 7.75. The molecule has 0 radical (unpaired) electrons. The number of fused-ring (bicyclic) bond motifs is 2. The molecule has 0 saturated carbocycles. The molecule has 2 aromatic rings. The molecule has 0 saturated heterocycles. The van der Waals surface area contributed by atoms with Gasteiger partial charge in [-0.25, -0.2) is 4.79 Å². The summed E-state index contributed by atoms with van der Waals surface area (Å²) < 4.78 is 16.9. The zero-order valence-corrected chi connectivity index (χ0v) is 16.4. The zero-order chi connectivity index (χ0) is 19.7. The van der Waals surface area contributed by atoms with Gasteiger partial charge in [-0.15, -0.1) is 0 Å². The molecule has 0 unspecified atom stereocenters. The van der Waals surface area contributed by atoms with Crippen molar-refractivity contribution >= 4 is 11.7 Å². The molecule has 4 rings (SSSR count). The molecule has 2 amide bonds. The predicted molar refractivity (Wildman–Crippen MR) is 105 cm³/mol. The van der Waals surface area contributed by atoms with Crippen LogP contribution < -0.4 is 14.8 Å². The van der Waals surface area contributed by atoms with Crippen LogP contribution in [-0.2, 0) is 24.3 Å². The molecule has 0 spiro atoms. The fourth-order valence-corrected chi connectivity index (χ4v) is 3.59. The number of benzene rings is 1. The average molecular weight is 383 g/mol. The number of amides is 2. The van der Waals surface area contributed by atoms with Crippen molar-refractivity contribution in [2.45, 2.75) is 39.0 Å². The number of ether oxygens (including phenoxy) is 3. The van der Waals surface area contributed by atoms with Crippen LogP contribution in [0.1, 0.15) is 30.7 Å². The minimum Gasteiger partial charge on any atom is -0.497 e. The number of urea groups is 1. The van der Waals surface area contributed by atoms with E-state index in [4.69, 9.17) is 14.2 Å². The molecule has 0 bridgehead atoms. The SMILES string of the molecule is COc1ccc2c(c1)OC(C)(C)CN(C(=O)Nc1cnc3c(c1)COCC3)C2. The monoisotopic (exact) mass is 383 g/mol. The van der Waals surface area contributed by atoms with Crippen molar-refractivity contribution in [3.63, 3.8) is 0 Å². The van der Waals surface area contributed by atoms with Crippen molar-refractivity contribution in [3.8, 4) is 11.5 Å². The van der Waals surface area contributed by atoms with E-state index >= 15 is 0 Å². The Morgan fingerprint density at radius 2 is 2.14 bits per heavy atom. The van der Waals surface area contributed by atoms with Crippen LogP contribution in [0, 0.1) is 0 Å². The quantitative estimate of drug-likeness (QED) is 0.861. The lowest BCUT2D eigenvalue weighted by molar-refractivity contribution is 0.0833. The normalized spacial score (nSPS) is 17.6. The summed E-state index contributed by atoms with van der Waals surface area (Å²) in [4.78, 5) is 19.2. The summed E-state index contributed by atoms with van der Waals surface area (Å²) >= 11 is 0. The van der Waals surface area contributed by atoms with Gasteiger partial charge in [-0.1, -0.05) is 0 Å². The summed E-state index contributed by atoms with van der Waals surface area (Å²) in [5.74, 6) is 1.47. The van der Waals surface area contributed by atoms with Gasteiger partial charge in [0.2, 0.25) is 0 Å². The smallest absolute Gasteiger partial charge is 0.322 e. The molecule has 28 heavy (non-hydrogen) atoms. The summed E-state index contributed by atoms with van der Waals surface area (Å²) in [6.45, 7) is 6.08. The van der Waals surface area contributed by atoms with E-state index in [-0.39, 0.29) is 6.03 Å². The van der Waals surface area contributed by atoms with E-state index in [2.05, 4.69) is 10.3 Å². The van der Waals surface area contributed by atoms with Crippen LogP contribution in [0.5, 0.6) is 11.5 Å². The molecule has 2 aliphatic heterocycles. The molecule has 0 fully saturated rings. The van der Waals surface area contributed by atoms with E-state index in [1.807, 2.05) is 38.1 Å². The summed E-state index contributed by atoms with van der Waals surface area (Å²) in [5, 5.41) is 2.97. The fraction of sp³-hybridized carbons (Fsp3) is 0.429. The number of carbonyl (C=O) groups excluding carboxylic acids is 1. The Morgan fingerprint density at radius 3 is 2.96 bits per heavy atom. The van der Waals surface area contributed by atoms with E-state index in [9.17, 15) is 4.79 Å². The number of nitrogens with one attached hydrogen (secondary N) is 1. The first kappa shape index (κ1) is 18.6. The van der Waals surface area contributed by atoms with Crippen molar-refractivity contribution in [2.75, 3.05) is 25.6 Å². The maximum atomic E-state index is 13.0. The summed E-state index contributed by atoms with van der Waals surface area (Å²) in [7, 11) is 1.63. The first-order valence-electron chi connectivity index (χ1n) is 9.41. The summed E-state index contributed by atoms with van der Waals surface area (Å²) in [5.41, 5.74) is 3.15. The highest BCUT2D eigenvalue weighted by molar-refractivity contribution is 5.89. The van der Waals surface area contributed by atoms with Gasteiger partial charge in [-0.05, 0) is 32.0 Å². The second-order valence-corrected chi connectivity index (χ2v) is 7.75. The molecule has 0 atom stereocenters. The van der Waals surface area contributed by atoms with E-state index in [0.717, 1.165) is 34.7 Å². The van der Waals surface area contributed by atoms with Gasteiger partial charge in [0.25, 0.3) is 0 Å². The number of hydrogen-bond acceptors (Lipinski definition) is 5. The highest BCUT2D eigenvalue weighted by Gasteiger charge is 2.32. The maximum Gasteiger partial charge on any atom is 0.322 e. The van der Waals surface area contributed by atoms with Crippen molar-refractivity contribution in [1.29, 1.82) is 0 Å². The minimum atomic E-state index is -0.531. The van der Waals surface area contributed by atoms with Crippen LogP contribution in [0.2, 0.25) is 0 Å². The first-order valence-corrected chi connectivity index (χ1v) is 9.41. The van der Waals surface area contributed by atoms with Gasteiger partial charge in [0.15, 0.2) is 0 Å². The number of rotatable bonds is 2. The van der Waals surface area contributed by atoms with Gasteiger partial charge in [0.05, 0.1) is 45.3 Å². The van der Waals surface area contributed by atoms with Crippen molar-refractivity contribution in [1.82, 2.24) is 9.88 Å². The van der Waals surface area contributed by atoms with Gasteiger partial charge in [-0.3, -0.25) is 4.98 Å². The third-order valence-corrected chi connectivity index (χ3v) is 4.93. The number of methoxy groups -OCH3 is 1. The van der Waals surface area contributed by atoms with Crippen molar-refractivity contribution in [3.05, 3.63) is 47.3 Å². The number of carbonyl (C=O) groups is 1. The van der Waals surface area contributed by atoms with Crippen LogP contribution in [0.25, 0.3) is 0 Å². The Morgan fingerprint density at radius 1 is 1.29 bits per heavy atom. The Bertz CT molecular complexity index is 897. The van der Waals surface area contributed by atoms with Crippen LogP contribution in [0.3, 0.4) is 0 Å². The van der Waals surface area contributed by atoms with Gasteiger partial charge in [-0.2, -0.15) is 0 Å². The van der Waals surface area contributed by atoms with Crippen LogP contribution in [0.15, 0.2) is 30.5 Å². The molecule has 1 aromatic carbocycles. The summed E-state index contributed by atoms with van der Waals surface area (Å²) in [6, 6.07) is 7.44. The largest absolute Gasteiger partial charge is 0.497 e. The highest BCUT2D eigenvalue weighted by Crippen LogP contribution is 2.33. The predicted octanol–water partition coefficient (Wildman–Crippen LogP) is 3.37. The average Bonchev–Trinajstić information content (AvgIpc) is 2.81. The Kier molecular flexibility index (Phi) is 4.85. The Balaban J connectivity index is 1.54. The third kappa shape index (κ3) is 3.89. The summed E-state index contributed by atoms with van der Waals surface area (Å²) in [6.07, 6.45) is 2.52. The standard InChI is InChI=1S/C21H25N3O4/c1-21(2)13-24(11-14-4-5-17(26-3)9-19(14)28-21)20(25)23-16-8-15-12-27-7-6-18(15)22-10-16/h4-5,8-10H,6-7,11-13H2,1-3H3,(H,23,25). The molecule has 3 heterocycles. The van der Waals surface area contributed by atoms with E-state index in [1.54, 1.807) is 18.2 Å². The van der Waals surface area contributed by atoms with Crippen molar-refractivity contribution < 1.29 is 19.0 Å². The molecule has 7 nitrogen and oxygen atoms in total. The Hall–Kier alpha value is -2.80. The molecule has 148 valence electrons. The third-order valence-electron chi connectivity index (χ3n) is 4.93. The number of pyridine rings is 1. The van der Waals surface area contributed by atoms with Gasteiger partial charge >= 0.3 is 6.03 Å². The lowest BCUT2D eigenvalue weighted by Gasteiger charge is -2.29. The molecular formula is C21H25N3O4. The number of nitrogens with zero attached hydrogens (tertiary/aromatic N) is 2. The number of aromatic nitrogens is 1. The van der Waals surface area contributed by atoms with E-state index < -0.39 is 5.60 Å². The van der Waals surface area contributed by atoms with Crippen LogP contribution in [0.4, 0.5) is 10.5 Å². The fourth-order valence-electron chi connectivity index (χ4n) is 3.59. The molecule has 2 aliphatic rings. The van der Waals surface area contributed by atoms with Crippen LogP contribution in [-0.4, -0.2) is 41.8 Å². The van der Waals surface area contributed by atoms with Gasteiger partial charge in [0, 0.05) is 29.3 Å². The lowest BCUT2D eigenvalue weighted by Crippen LogP contribution is -2.44. The van der Waals surface area contributed by atoms with Crippen molar-refractivity contribution in [2.24, 2.45) is 0 Å². The first-order chi connectivity index (χ1) is 13.4. The molecule has 1 N–H and O–H groups in total. The lowest BCUT2D eigenvalue weighted by atomic mass is 10.1.